The van der Waals surface area contributed by atoms with Gasteiger partial charge in [0.25, 0.3) is 15.9 Å². The summed E-state index contributed by atoms with van der Waals surface area (Å²) < 4.78 is 60.4. The van der Waals surface area contributed by atoms with Crippen LogP contribution in [0.2, 0.25) is 0 Å². The molecule has 0 spiro atoms. The Morgan fingerprint density at radius 3 is 2.14 bits per heavy atom. The second-order valence-corrected chi connectivity index (χ2v) is 11.1. The smallest absolute Gasteiger partial charge is 0.475 e. The van der Waals surface area contributed by atoms with Crippen molar-refractivity contribution in [3.8, 4) is 0 Å². The van der Waals surface area contributed by atoms with E-state index in [0.29, 0.717) is 17.8 Å². The minimum absolute atomic E-state index is 0.193. The number of rotatable bonds is 9. The Morgan fingerprint density at radius 1 is 0.952 bits per heavy atom. The Balaban J connectivity index is 0.000000616. The Bertz CT molecular complexity index is 1440. The molecule has 9 nitrogen and oxygen atoms in total. The molecule has 3 aromatic carbocycles. The second-order valence-electron chi connectivity index (χ2n) is 9.44. The summed E-state index contributed by atoms with van der Waals surface area (Å²) in [7, 11) is -3.79. The van der Waals surface area contributed by atoms with Gasteiger partial charge < -0.3 is 20.6 Å². The van der Waals surface area contributed by atoms with E-state index >= 15 is 0 Å². The van der Waals surface area contributed by atoms with Gasteiger partial charge >= 0.3 is 12.1 Å². The number of aryl methyl sites for hydroxylation is 1. The van der Waals surface area contributed by atoms with E-state index in [0.717, 1.165) is 55.8 Å². The number of carboxylic acids is 1. The van der Waals surface area contributed by atoms with E-state index in [9.17, 15) is 26.4 Å². The van der Waals surface area contributed by atoms with E-state index in [1.807, 2.05) is 48.5 Å². The summed E-state index contributed by atoms with van der Waals surface area (Å²) in [5, 5.41) is 13.4. The van der Waals surface area contributed by atoms with E-state index in [-0.39, 0.29) is 10.8 Å². The highest BCUT2D eigenvalue weighted by Gasteiger charge is 2.38. The highest BCUT2D eigenvalue weighted by molar-refractivity contribution is 7.92. The fraction of sp³-hybridized carbons (Fsp3) is 0.310. The maximum atomic E-state index is 13.2. The van der Waals surface area contributed by atoms with Crippen molar-refractivity contribution in [3.05, 3.63) is 89.5 Å². The molecule has 226 valence electrons. The fourth-order valence-corrected chi connectivity index (χ4v) is 5.22. The van der Waals surface area contributed by atoms with E-state index in [1.165, 1.54) is 0 Å². The standard InChI is InChI=1S/C27H32N4O3S.C2HF3O2/c1-2-6-21-9-12-24(13-10-21)35(33,34)30-23-11-14-26(31-17-15-28-16-18-31)25(19-23)27(32)29-20-22-7-4-3-5-8-22;3-2(4,5)1(6)7/h3-5,7-14,19,28,30H,2,6,15-18,20H2,1H3,(H,29,32);(H,6,7). The molecule has 0 aliphatic carbocycles. The third-order valence-corrected chi connectivity index (χ3v) is 7.66. The molecule has 42 heavy (non-hydrogen) atoms. The fourth-order valence-electron chi connectivity index (χ4n) is 4.17. The molecule has 3 aromatic rings. The summed E-state index contributed by atoms with van der Waals surface area (Å²) in [6.45, 7) is 5.67. The van der Waals surface area contributed by atoms with Crippen molar-refractivity contribution in [3.63, 3.8) is 0 Å². The molecule has 1 heterocycles. The molecule has 0 radical (unpaired) electrons. The first-order chi connectivity index (χ1) is 19.9. The molecule has 13 heteroatoms. The molecule has 4 N–H and O–H groups in total. The SMILES string of the molecule is CCCc1ccc(S(=O)(=O)Nc2ccc(N3CCNCC3)c(C(=O)NCc3ccccc3)c2)cc1.O=C(O)C(F)(F)F. The normalized spacial score (nSPS) is 13.5. The number of hydrogen-bond acceptors (Lipinski definition) is 6. The van der Waals surface area contributed by atoms with Crippen LogP contribution in [0.3, 0.4) is 0 Å². The number of anilines is 2. The van der Waals surface area contributed by atoms with Crippen LogP contribution < -0.4 is 20.3 Å². The van der Waals surface area contributed by atoms with Gasteiger partial charge in [-0.05, 0) is 47.9 Å². The Morgan fingerprint density at radius 2 is 1.57 bits per heavy atom. The van der Waals surface area contributed by atoms with E-state index < -0.39 is 22.2 Å². The van der Waals surface area contributed by atoms with Crippen LogP contribution in [0.25, 0.3) is 0 Å². The molecule has 1 aliphatic rings. The molecule has 1 fully saturated rings. The third-order valence-electron chi connectivity index (χ3n) is 6.26. The van der Waals surface area contributed by atoms with Gasteiger partial charge in [0.2, 0.25) is 0 Å². The second kappa shape index (κ2) is 14.7. The topological polar surface area (TPSA) is 128 Å². The predicted octanol–water partition coefficient (Wildman–Crippen LogP) is 4.41. The zero-order chi connectivity index (χ0) is 30.8. The first kappa shape index (κ1) is 32.4. The molecule has 0 saturated carbocycles. The third kappa shape index (κ3) is 9.48. The summed E-state index contributed by atoms with van der Waals surface area (Å²) in [5.74, 6) is -3.00. The van der Waals surface area contributed by atoms with E-state index in [2.05, 4.69) is 27.2 Å². The number of carbonyl (C=O) groups is 2. The predicted molar refractivity (Wildman–Crippen MR) is 154 cm³/mol. The number of aliphatic carboxylic acids is 1. The zero-order valence-electron chi connectivity index (χ0n) is 22.9. The highest BCUT2D eigenvalue weighted by atomic mass is 32.2. The lowest BCUT2D eigenvalue weighted by molar-refractivity contribution is -0.192. The number of piperazine rings is 1. The first-order valence-electron chi connectivity index (χ1n) is 13.2. The molecule has 1 amide bonds. The number of halogens is 3. The summed E-state index contributed by atoms with van der Waals surface area (Å²) in [4.78, 5) is 24.5. The Labute approximate surface area is 242 Å². The molecule has 1 aliphatic heterocycles. The monoisotopic (exact) mass is 606 g/mol. The minimum Gasteiger partial charge on any atom is -0.475 e. The van der Waals surface area contributed by atoms with Crippen molar-refractivity contribution >= 4 is 33.3 Å². The lowest BCUT2D eigenvalue weighted by atomic mass is 10.1. The lowest BCUT2D eigenvalue weighted by Crippen LogP contribution is -2.44. The van der Waals surface area contributed by atoms with Gasteiger partial charge in [-0.2, -0.15) is 13.2 Å². The van der Waals surface area contributed by atoms with Crippen molar-refractivity contribution in [2.24, 2.45) is 0 Å². The van der Waals surface area contributed by atoms with Gasteiger partial charge in [-0.15, -0.1) is 0 Å². The van der Waals surface area contributed by atoms with Crippen molar-refractivity contribution < 1.29 is 36.3 Å². The number of hydrogen-bond donors (Lipinski definition) is 4. The minimum atomic E-state index is -5.08. The van der Waals surface area contributed by atoms with Gasteiger partial charge in [0.05, 0.1) is 10.5 Å². The maximum absolute atomic E-state index is 13.2. The molecular formula is C29H33F3N4O5S. The number of benzene rings is 3. The largest absolute Gasteiger partial charge is 0.490 e. The average Bonchev–Trinajstić information content (AvgIpc) is 2.97. The van der Waals surface area contributed by atoms with Crippen LogP contribution >= 0.6 is 0 Å². The van der Waals surface area contributed by atoms with Crippen molar-refractivity contribution in [2.45, 2.75) is 37.4 Å². The Hall–Kier alpha value is -4.10. The van der Waals surface area contributed by atoms with Crippen molar-refractivity contribution in [1.29, 1.82) is 0 Å². The number of amides is 1. The van der Waals surface area contributed by atoms with Gasteiger partial charge in [-0.3, -0.25) is 9.52 Å². The van der Waals surface area contributed by atoms with Gasteiger partial charge in [0.1, 0.15) is 0 Å². The summed E-state index contributed by atoms with van der Waals surface area (Å²) in [6, 6.07) is 21.8. The van der Waals surface area contributed by atoms with Gasteiger partial charge in [-0.1, -0.05) is 55.8 Å². The van der Waals surface area contributed by atoms with Crippen molar-refractivity contribution in [1.82, 2.24) is 10.6 Å². The number of nitrogens with one attached hydrogen (secondary N) is 3. The molecule has 0 atom stereocenters. The van der Waals surface area contributed by atoms with E-state index in [4.69, 9.17) is 9.90 Å². The van der Waals surface area contributed by atoms with Crippen LogP contribution in [0.1, 0.15) is 34.8 Å². The van der Waals surface area contributed by atoms with E-state index in [1.54, 1.807) is 24.3 Å². The number of sulfonamides is 1. The van der Waals surface area contributed by atoms with Crippen LogP contribution in [0, 0.1) is 0 Å². The van der Waals surface area contributed by atoms with Crippen LogP contribution in [0.5, 0.6) is 0 Å². The Kier molecular flexibility index (Phi) is 11.3. The maximum Gasteiger partial charge on any atom is 0.490 e. The molecule has 0 bridgehead atoms. The molecule has 0 unspecified atom stereocenters. The summed E-state index contributed by atoms with van der Waals surface area (Å²) in [5.41, 5.74) is 3.69. The van der Waals surface area contributed by atoms with Crippen molar-refractivity contribution in [2.75, 3.05) is 35.8 Å². The average molecular weight is 607 g/mol. The molecule has 0 aromatic heterocycles. The summed E-state index contributed by atoms with van der Waals surface area (Å²) in [6.07, 6.45) is -3.18. The molecular weight excluding hydrogens is 573 g/mol. The highest BCUT2D eigenvalue weighted by Crippen LogP contribution is 2.27. The first-order valence-corrected chi connectivity index (χ1v) is 14.7. The molecule has 4 rings (SSSR count). The van der Waals surface area contributed by atoms with Crippen LogP contribution in [0.4, 0.5) is 24.5 Å². The lowest BCUT2D eigenvalue weighted by Gasteiger charge is -2.31. The van der Waals surface area contributed by atoms with Crippen LogP contribution in [-0.4, -0.2) is 57.8 Å². The zero-order valence-corrected chi connectivity index (χ0v) is 23.8. The quantitative estimate of drug-likeness (QED) is 0.284. The number of alkyl halides is 3. The van der Waals surface area contributed by atoms with Crippen LogP contribution in [0.15, 0.2) is 77.7 Å². The molecule has 1 saturated heterocycles. The van der Waals surface area contributed by atoms with Crippen LogP contribution in [-0.2, 0) is 27.8 Å². The summed E-state index contributed by atoms with van der Waals surface area (Å²) >= 11 is 0. The number of carbonyl (C=O) groups excluding carboxylic acids is 1. The number of nitrogens with zero attached hydrogens (tertiary/aromatic N) is 1. The van der Waals surface area contributed by atoms with Gasteiger partial charge in [-0.25, -0.2) is 13.2 Å². The number of carboxylic acid groups (broad SMARTS) is 1. The van der Waals surface area contributed by atoms with Gasteiger partial charge in [0.15, 0.2) is 0 Å². The van der Waals surface area contributed by atoms with Gasteiger partial charge in [0, 0.05) is 44.1 Å².